The van der Waals surface area contributed by atoms with Gasteiger partial charge in [0.1, 0.15) is 0 Å². The van der Waals surface area contributed by atoms with Gasteiger partial charge in [0.15, 0.2) is 0 Å². The van der Waals surface area contributed by atoms with E-state index in [2.05, 4.69) is 11.8 Å². The number of amides is 1. The zero-order valence-electron chi connectivity index (χ0n) is 11.4. The number of aliphatic hydroxyl groups excluding tert-OH is 1. The van der Waals surface area contributed by atoms with Crippen LogP contribution < -0.4 is 0 Å². The van der Waals surface area contributed by atoms with Crippen molar-refractivity contribution in [3.05, 3.63) is 43.2 Å². The Bertz CT molecular complexity index is 681. The van der Waals surface area contributed by atoms with Crippen LogP contribution in [-0.4, -0.2) is 29.6 Å². The number of hydrogen-bond donors (Lipinski definition) is 1. The number of hydrogen-bond acceptors (Lipinski definition) is 4. The Morgan fingerprint density at radius 2 is 2.29 bits per heavy atom. The second-order valence-corrected chi connectivity index (χ2v) is 7.05. The van der Waals surface area contributed by atoms with Crippen LogP contribution in [0.1, 0.15) is 26.5 Å². The molecule has 21 heavy (non-hydrogen) atoms. The van der Waals surface area contributed by atoms with Crippen molar-refractivity contribution in [1.82, 2.24) is 4.90 Å². The van der Waals surface area contributed by atoms with Gasteiger partial charge in [0.05, 0.1) is 22.4 Å². The molecule has 0 spiro atoms. The van der Waals surface area contributed by atoms with Crippen LogP contribution >= 0.6 is 34.3 Å². The molecule has 0 fully saturated rings. The van der Waals surface area contributed by atoms with E-state index in [1.165, 1.54) is 11.3 Å². The molecule has 2 rings (SSSR count). The summed E-state index contributed by atoms with van der Waals surface area (Å²) in [4.78, 5) is 15.6. The number of nitrogens with zero attached hydrogens (tertiary/aromatic N) is 1. The number of rotatable bonds is 4. The molecular formula is C15H14ClNO2S2. The van der Waals surface area contributed by atoms with E-state index < -0.39 is 0 Å². The molecule has 0 aliphatic carbocycles. The fraction of sp³-hybridized carbons (Fsp3) is 0.267. The lowest BCUT2D eigenvalue weighted by Gasteiger charge is -2.14. The SMILES string of the molecule is CN(Cc1cc(C#CCCO)cs1)C(=O)c1ccc(Cl)s1. The van der Waals surface area contributed by atoms with Crippen molar-refractivity contribution < 1.29 is 9.90 Å². The van der Waals surface area contributed by atoms with Crippen LogP contribution in [0, 0.1) is 11.8 Å². The van der Waals surface area contributed by atoms with Gasteiger partial charge in [-0.1, -0.05) is 23.4 Å². The largest absolute Gasteiger partial charge is 0.395 e. The highest BCUT2D eigenvalue weighted by molar-refractivity contribution is 7.18. The number of carbonyl (C=O) groups is 1. The Labute approximate surface area is 136 Å². The topological polar surface area (TPSA) is 40.5 Å². The summed E-state index contributed by atoms with van der Waals surface area (Å²) in [5.41, 5.74) is 0.920. The Morgan fingerprint density at radius 3 is 2.95 bits per heavy atom. The van der Waals surface area contributed by atoms with Crippen molar-refractivity contribution in [2.75, 3.05) is 13.7 Å². The summed E-state index contributed by atoms with van der Waals surface area (Å²) >= 11 is 8.71. The third-order valence-electron chi connectivity index (χ3n) is 2.65. The molecule has 0 radical (unpaired) electrons. The standard InChI is InChI=1S/C15H14ClNO2S2/c1-17(15(19)13-5-6-14(16)21-13)9-12-8-11(10-20-12)4-2-3-7-18/h5-6,8,10,18H,3,7,9H2,1H3. The number of halogens is 1. The Morgan fingerprint density at radius 1 is 1.48 bits per heavy atom. The van der Waals surface area contributed by atoms with Gasteiger partial charge in [0.2, 0.25) is 0 Å². The fourth-order valence-electron chi connectivity index (χ4n) is 1.67. The predicted octanol–water partition coefficient (Wildman–Crippen LogP) is 3.47. The van der Waals surface area contributed by atoms with E-state index in [-0.39, 0.29) is 12.5 Å². The van der Waals surface area contributed by atoms with Crippen molar-refractivity contribution in [2.24, 2.45) is 0 Å². The summed E-state index contributed by atoms with van der Waals surface area (Å²) in [5, 5.41) is 10.6. The second kappa shape index (κ2) is 7.62. The third kappa shape index (κ3) is 4.58. The van der Waals surface area contributed by atoms with Crippen molar-refractivity contribution in [3.8, 4) is 11.8 Å². The van der Waals surface area contributed by atoms with E-state index in [1.54, 1.807) is 35.4 Å². The van der Waals surface area contributed by atoms with Crippen LogP contribution in [0.25, 0.3) is 0 Å². The fourth-order valence-corrected chi connectivity index (χ4v) is 3.58. The highest BCUT2D eigenvalue weighted by Crippen LogP contribution is 2.23. The molecule has 1 amide bonds. The van der Waals surface area contributed by atoms with E-state index in [0.717, 1.165) is 10.4 Å². The normalized spacial score (nSPS) is 10.0. The summed E-state index contributed by atoms with van der Waals surface area (Å²) in [6.07, 6.45) is 0.475. The average molecular weight is 340 g/mol. The molecule has 0 aliphatic rings. The average Bonchev–Trinajstić information content (AvgIpc) is 3.07. The number of thiophene rings is 2. The quantitative estimate of drug-likeness (QED) is 0.866. The summed E-state index contributed by atoms with van der Waals surface area (Å²) in [5.74, 6) is 5.83. The first-order valence-corrected chi connectivity index (χ1v) is 8.35. The van der Waals surface area contributed by atoms with Gasteiger partial charge in [-0.15, -0.1) is 22.7 Å². The summed E-state index contributed by atoms with van der Waals surface area (Å²) < 4.78 is 0.615. The minimum Gasteiger partial charge on any atom is -0.395 e. The van der Waals surface area contributed by atoms with Crippen LogP contribution in [-0.2, 0) is 6.54 Å². The van der Waals surface area contributed by atoms with Gasteiger partial charge in [-0.2, -0.15) is 0 Å². The molecule has 0 unspecified atom stereocenters. The van der Waals surface area contributed by atoms with E-state index in [9.17, 15) is 4.79 Å². The molecule has 0 bridgehead atoms. The molecule has 6 heteroatoms. The molecule has 2 heterocycles. The number of carbonyl (C=O) groups excluding carboxylic acids is 1. The lowest BCUT2D eigenvalue weighted by molar-refractivity contribution is 0.0791. The molecule has 0 atom stereocenters. The lowest BCUT2D eigenvalue weighted by Crippen LogP contribution is -2.24. The van der Waals surface area contributed by atoms with Crippen molar-refractivity contribution in [1.29, 1.82) is 0 Å². The smallest absolute Gasteiger partial charge is 0.264 e. The highest BCUT2D eigenvalue weighted by Gasteiger charge is 2.14. The monoisotopic (exact) mass is 339 g/mol. The molecule has 2 aromatic heterocycles. The maximum Gasteiger partial charge on any atom is 0.264 e. The van der Waals surface area contributed by atoms with Crippen molar-refractivity contribution in [2.45, 2.75) is 13.0 Å². The van der Waals surface area contributed by atoms with Crippen LogP contribution in [0.15, 0.2) is 23.6 Å². The van der Waals surface area contributed by atoms with Gasteiger partial charge in [-0.25, -0.2) is 0 Å². The number of aliphatic hydroxyl groups is 1. The van der Waals surface area contributed by atoms with Gasteiger partial charge in [-0.05, 0) is 18.2 Å². The van der Waals surface area contributed by atoms with E-state index in [0.29, 0.717) is 22.2 Å². The van der Waals surface area contributed by atoms with E-state index in [4.69, 9.17) is 16.7 Å². The molecule has 0 saturated carbocycles. The molecular weight excluding hydrogens is 326 g/mol. The maximum absolute atomic E-state index is 12.2. The van der Waals surface area contributed by atoms with E-state index >= 15 is 0 Å². The van der Waals surface area contributed by atoms with Gasteiger partial charge >= 0.3 is 0 Å². The Hall–Kier alpha value is -1.32. The van der Waals surface area contributed by atoms with Crippen LogP contribution in [0.5, 0.6) is 0 Å². The molecule has 1 N–H and O–H groups in total. The molecule has 110 valence electrons. The molecule has 0 aliphatic heterocycles. The molecule has 2 aromatic rings. The summed E-state index contributed by atoms with van der Waals surface area (Å²) in [7, 11) is 1.77. The second-order valence-electron chi connectivity index (χ2n) is 4.34. The first kappa shape index (κ1) is 16.1. The zero-order chi connectivity index (χ0) is 15.2. The Kier molecular flexibility index (Phi) is 5.83. The predicted molar refractivity (Wildman–Crippen MR) is 88.0 cm³/mol. The van der Waals surface area contributed by atoms with E-state index in [1.807, 2.05) is 11.4 Å². The molecule has 3 nitrogen and oxygen atoms in total. The van der Waals surface area contributed by atoms with Crippen LogP contribution in [0.2, 0.25) is 4.34 Å². The van der Waals surface area contributed by atoms with Crippen LogP contribution in [0.4, 0.5) is 0 Å². The maximum atomic E-state index is 12.2. The van der Waals surface area contributed by atoms with Gasteiger partial charge in [0.25, 0.3) is 5.91 Å². The minimum atomic E-state index is -0.0341. The molecule has 0 saturated heterocycles. The Balaban J connectivity index is 1.98. The van der Waals surface area contributed by atoms with Crippen molar-refractivity contribution in [3.63, 3.8) is 0 Å². The van der Waals surface area contributed by atoms with Crippen molar-refractivity contribution >= 4 is 40.2 Å². The first-order valence-electron chi connectivity index (χ1n) is 6.28. The summed E-state index contributed by atoms with van der Waals surface area (Å²) in [6, 6.07) is 5.44. The summed E-state index contributed by atoms with van der Waals surface area (Å²) in [6.45, 7) is 0.616. The van der Waals surface area contributed by atoms with Crippen LogP contribution in [0.3, 0.4) is 0 Å². The lowest BCUT2D eigenvalue weighted by atomic mass is 10.3. The van der Waals surface area contributed by atoms with Gasteiger partial charge in [-0.3, -0.25) is 4.79 Å². The van der Waals surface area contributed by atoms with Gasteiger partial charge < -0.3 is 10.0 Å². The minimum absolute atomic E-state index is 0.0341. The van der Waals surface area contributed by atoms with Gasteiger partial charge in [0, 0.05) is 29.3 Å². The molecule has 0 aromatic carbocycles. The highest BCUT2D eigenvalue weighted by atomic mass is 35.5. The zero-order valence-corrected chi connectivity index (χ0v) is 13.8. The third-order valence-corrected chi connectivity index (χ3v) is 4.79. The first-order chi connectivity index (χ1) is 10.1.